The molecule has 13 heavy (non-hydrogen) atoms. The van der Waals surface area contributed by atoms with Gasteiger partial charge in [0.05, 0.1) is 0 Å². The zero-order valence-corrected chi connectivity index (χ0v) is 9.06. The van der Waals surface area contributed by atoms with Crippen molar-refractivity contribution in [3.8, 4) is 0 Å². The van der Waals surface area contributed by atoms with Gasteiger partial charge in [0.15, 0.2) is 0 Å². The average Bonchev–Trinajstić information content (AvgIpc) is 2.06. The van der Waals surface area contributed by atoms with Crippen molar-refractivity contribution in [3.63, 3.8) is 0 Å². The Morgan fingerprint density at radius 2 is 2.38 bits per heavy atom. The van der Waals surface area contributed by atoms with Crippen molar-refractivity contribution in [2.24, 2.45) is 11.8 Å². The Morgan fingerprint density at radius 1 is 1.62 bits per heavy atom. The normalized spacial score (nSPS) is 41.1. The summed E-state index contributed by atoms with van der Waals surface area (Å²) in [7, 11) is 2.74. The predicted octanol–water partition coefficient (Wildman–Crippen LogP) is 1.05. The molecule has 4 atom stereocenters. The molecular formula is C9H16NO2P. The van der Waals surface area contributed by atoms with Crippen molar-refractivity contribution in [3.05, 3.63) is 0 Å². The van der Waals surface area contributed by atoms with Gasteiger partial charge in [-0.25, -0.2) is 0 Å². The summed E-state index contributed by atoms with van der Waals surface area (Å²) in [4.78, 5) is 11.2. The van der Waals surface area contributed by atoms with E-state index in [1.54, 1.807) is 0 Å². The van der Waals surface area contributed by atoms with E-state index in [0.717, 1.165) is 19.5 Å². The van der Waals surface area contributed by atoms with Gasteiger partial charge in [0.1, 0.15) is 6.10 Å². The molecular weight excluding hydrogens is 185 g/mol. The van der Waals surface area contributed by atoms with E-state index in [1.807, 2.05) is 6.92 Å². The number of ether oxygens (including phenoxy) is 1. The van der Waals surface area contributed by atoms with Crippen molar-refractivity contribution in [1.29, 1.82) is 0 Å². The molecule has 0 N–H and O–H groups in total. The molecule has 0 aromatic heterocycles. The first kappa shape index (κ1) is 9.42. The van der Waals surface area contributed by atoms with Crippen LogP contribution in [-0.4, -0.2) is 29.8 Å². The first-order valence-corrected chi connectivity index (χ1v) is 5.37. The van der Waals surface area contributed by atoms with Crippen LogP contribution in [0.15, 0.2) is 0 Å². The third-order valence-corrected chi connectivity index (χ3v) is 3.66. The van der Waals surface area contributed by atoms with Crippen LogP contribution in [0.5, 0.6) is 0 Å². The number of carbonyl (C=O) groups is 1. The van der Waals surface area contributed by atoms with Gasteiger partial charge in [0.2, 0.25) is 0 Å². The number of fused-ring (bicyclic) bond motifs is 1. The second kappa shape index (κ2) is 3.55. The Morgan fingerprint density at radius 3 is 3.15 bits per heavy atom. The molecule has 0 amide bonds. The van der Waals surface area contributed by atoms with Crippen LogP contribution in [0.25, 0.3) is 0 Å². The predicted molar refractivity (Wildman–Crippen MR) is 53.1 cm³/mol. The molecule has 2 fully saturated rings. The Kier molecular flexibility index (Phi) is 2.57. The fraction of sp³-hybridized carbons (Fsp3) is 0.889. The minimum absolute atomic E-state index is 0.00837. The van der Waals surface area contributed by atoms with Crippen LogP contribution >= 0.6 is 9.39 Å². The summed E-state index contributed by atoms with van der Waals surface area (Å²) >= 11 is 0. The van der Waals surface area contributed by atoms with Crippen LogP contribution in [0.2, 0.25) is 0 Å². The van der Waals surface area contributed by atoms with Crippen LogP contribution in [0, 0.1) is 11.8 Å². The van der Waals surface area contributed by atoms with Crippen LogP contribution < -0.4 is 0 Å². The minimum Gasteiger partial charge on any atom is -0.462 e. The zero-order chi connectivity index (χ0) is 9.42. The van der Waals surface area contributed by atoms with Gasteiger partial charge in [-0.2, -0.15) is 0 Å². The van der Waals surface area contributed by atoms with Crippen LogP contribution in [0.4, 0.5) is 0 Å². The number of hydrogen-bond acceptors (Lipinski definition) is 3. The van der Waals surface area contributed by atoms with Crippen molar-refractivity contribution >= 4 is 15.4 Å². The Hall–Kier alpha value is -0.140. The lowest BCUT2D eigenvalue weighted by Crippen LogP contribution is -2.46. The summed E-state index contributed by atoms with van der Waals surface area (Å²) in [5.74, 6) is 1.10. The molecule has 4 heteroatoms. The van der Waals surface area contributed by atoms with Crippen molar-refractivity contribution in [1.82, 2.24) is 4.67 Å². The number of hydrogen-bond donors (Lipinski definition) is 0. The van der Waals surface area contributed by atoms with Gasteiger partial charge in [0, 0.05) is 25.4 Å². The lowest BCUT2D eigenvalue weighted by molar-refractivity contribution is -0.163. The SMILES string of the molecule is CC1OC(=O)CC2CCN(P)CC21. The molecule has 3 nitrogen and oxygen atoms in total. The smallest absolute Gasteiger partial charge is 0.306 e. The van der Waals surface area contributed by atoms with E-state index in [1.165, 1.54) is 0 Å². The molecule has 0 aliphatic carbocycles. The second-order valence-electron chi connectivity index (χ2n) is 4.11. The number of piperidine rings is 1. The summed E-state index contributed by atoms with van der Waals surface area (Å²) in [5.41, 5.74) is 0. The highest BCUT2D eigenvalue weighted by Gasteiger charge is 2.38. The van der Waals surface area contributed by atoms with Crippen molar-refractivity contribution in [2.75, 3.05) is 13.1 Å². The third-order valence-electron chi connectivity index (χ3n) is 3.19. The highest BCUT2D eigenvalue weighted by molar-refractivity contribution is 7.13. The molecule has 4 unspecified atom stereocenters. The summed E-state index contributed by atoms with van der Waals surface area (Å²) in [6.45, 7) is 4.15. The molecule has 2 aliphatic heterocycles. The van der Waals surface area contributed by atoms with Crippen molar-refractivity contribution in [2.45, 2.75) is 25.9 Å². The third kappa shape index (κ3) is 1.87. The summed E-state index contributed by atoms with van der Waals surface area (Å²) in [6, 6.07) is 0. The molecule has 74 valence electrons. The van der Waals surface area contributed by atoms with Gasteiger partial charge in [-0.3, -0.25) is 9.46 Å². The highest BCUT2D eigenvalue weighted by Crippen LogP contribution is 2.35. The average molecular weight is 201 g/mol. The highest BCUT2D eigenvalue weighted by atomic mass is 31.0. The van der Waals surface area contributed by atoms with Crippen LogP contribution in [-0.2, 0) is 9.53 Å². The Labute approximate surface area is 81.1 Å². The van der Waals surface area contributed by atoms with Gasteiger partial charge in [-0.1, -0.05) is 9.39 Å². The lowest BCUT2D eigenvalue weighted by atomic mass is 9.79. The quantitative estimate of drug-likeness (QED) is 0.433. The number of nitrogens with zero attached hydrogens (tertiary/aromatic N) is 1. The topological polar surface area (TPSA) is 29.5 Å². The maximum Gasteiger partial charge on any atom is 0.306 e. The summed E-state index contributed by atoms with van der Waals surface area (Å²) in [5, 5.41) is 0. The van der Waals surface area contributed by atoms with Gasteiger partial charge < -0.3 is 4.74 Å². The summed E-state index contributed by atoms with van der Waals surface area (Å²) in [6.07, 6.45) is 1.87. The fourth-order valence-electron chi connectivity index (χ4n) is 2.40. The van der Waals surface area contributed by atoms with E-state index in [9.17, 15) is 4.79 Å². The standard InChI is InChI=1S/C9H16NO2P/c1-6-8-5-10(13)3-2-7(8)4-9(11)12-6/h6-8H,2-5,13H2,1H3. The van der Waals surface area contributed by atoms with E-state index in [0.29, 0.717) is 18.3 Å². The Bertz CT molecular complexity index is 222. The van der Waals surface area contributed by atoms with Crippen LogP contribution in [0.1, 0.15) is 19.8 Å². The molecule has 2 aliphatic rings. The molecule has 0 spiro atoms. The molecule has 2 saturated heterocycles. The zero-order valence-electron chi connectivity index (χ0n) is 7.90. The lowest BCUT2D eigenvalue weighted by Gasteiger charge is -2.42. The number of rotatable bonds is 0. The largest absolute Gasteiger partial charge is 0.462 e. The molecule has 0 saturated carbocycles. The Balaban J connectivity index is 2.06. The first-order chi connectivity index (χ1) is 6.16. The van der Waals surface area contributed by atoms with E-state index in [2.05, 4.69) is 14.1 Å². The molecule has 0 radical (unpaired) electrons. The van der Waals surface area contributed by atoms with E-state index >= 15 is 0 Å². The van der Waals surface area contributed by atoms with E-state index in [4.69, 9.17) is 4.74 Å². The minimum atomic E-state index is -0.00837. The van der Waals surface area contributed by atoms with E-state index < -0.39 is 0 Å². The van der Waals surface area contributed by atoms with Crippen LogP contribution in [0.3, 0.4) is 0 Å². The second-order valence-corrected chi connectivity index (χ2v) is 4.84. The van der Waals surface area contributed by atoms with E-state index in [-0.39, 0.29) is 12.1 Å². The monoisotopic (exact) mass is 201 g/mol. The maximum absolute atomic E-state index is 11.2. The number of cyclic esters (lactones) is 1. The molecule has 2 heterocycles. The van der Waals surface area contributed by atoms with Gasteiger partial charge in [-0.05, 0) is 19.3 Å². The van der Waals surface area contributed by atoms with Gasteiger partial charge >= 0.3 is 5.97 Å². The summed E-state index contributed by atoms with van der Waals surface area (Å²) < 4.78 is 7.48. The maximum atomic E-state index is 11.2. The fourth-order valence-corrected chi connectivity index (χ4v) is 2.79. The molecule has 0 aromatic carbocycles. The van der Waals surface area contributed by atoms with Gasteiger partial charge in [0.25, 0.3) is 0 Å². The van der Waals surface area contributed by atoms with Gasteiger partial charge in [-0.15, -0.1) is 0 Å². The molecule has 0 bridgehead atoms. The molecule has 2 rings (SSSR count). The van der Waals surface area contributed by atoms with Crippen molar-refractivity contribution < 1.29 is 9.53 Å². The number of carbonyl (C=O) groups excluding carboxylic acids is 1. The first-order valence-electron chi connectivity index (χ1n) is 4.86. The number of esters is 1. The molecule has 0 aromatic rings.